The average Bonchev–Trinajstić information content (AvgIpc) is 2.17. The van der Waals surface area contributed by atoms with Gasteiger partial charge in [0.05, 0.1) is 11.3 Å². The molecule has 98 valence electrons. The first-order chi connectivity index (χ1) is 8.19. The van der Waals surface area contributed by atoms with Crippen LogP contribution in [0.2, 0.25) is 0 Å². The topological polar surface area (TPSA) is 102 Å². The number of anilines is 1. The van der Waals surface area contributed by atoms with Crippen LogP contribution in [0.25, 0.3) is 0 Å². The van der Waals surface area contributed by atoms with E-state index in [1.165, 1.54) is 18.2 Å². The number of carbonyl (C=O) groups excluding carboxylic acids is 2. The van der Waals surface area contributed by atoms with Crippen molar-refractivity contribution in [3.05, 3.63) is 23.8 Å². The fourth-order valence-corrected chi connectivity index (χ4v) is 1.26. The van der Waals surface area contributed by atoms with Crippen LogP contribution in [0, 0.1) is 0 Å². The molecule has 0 unspecified atom stereocenters. The molecule has 1 rings (SSSR count). The molecule has 0 bridgehead atoms. The fourth-order valence-electron chi connectivity index (χ4n) is 1.26. The zero-order valence-electron chi connectivity index (χ0n) is 10.5. The van der Waals surface area contributed by atoms with Crippen LogP contribution in [0.5, 0.6) is 5.75 Å². The van der Waals surface area contributed by atoms with Crippen molar-refractivity contribution in [2.24, 2.45) is 5.73 Å². The Balaban J connectivity index is 2.91. The molecule has 0 radical (unpaired) electrons. The van der Waals surface area contributed by atoms with Crippen LogP contribution in [0.4, 0.5) is 10.5 Å². The maximum atomic E-state index is 11.5. The van der Waals surface area contributed by atoms with Gasteiger partial charge in [-0.1, -0.05) is 0 Å². The highest BCUT2D eigenvalue weighted by Gasteiger charge is 2.18. The van der Waals surface area contributed by atoms with E-state index in [-0.39, 0.29) is 17.0 Å². The Bertz CT molecular complexity index is 477. The summed E-state index contributed by atoms with van der Waals surface area (Å²) in [6.45, 7) is 5.16. The van der Waals surface area contributed by atoms with Crippen LogP contribution in [0.15, 0.2) is 18.2 Å². The lowest BCUT2D eigenvalue weighted by molar-refractivity contribution is 0.0636. The number of aromatic hydroxyl groups is 1. The van der Waals surface area contributed by atoms with Crippen LogP contribution in [0.3, 0.4) is 0 Å². The van der Waals surface area contributed by atoms with Crippen LogP contribution < -0.4 is 11.1 Å². The Morgan fingerprint density at radius 1 is 1.33 bits per heavy atom. The monoisotopic (exact) mass is 252 g/mol. The zero-order valence-corrected chi connectivity index (χ0v) is 10.5. The molecular weight excluding hydrogens is 236 g/mol. The largest absolute Gasteiger partial charge is 0.508 e. The minimum absolute atomic E-state index is 0.0147. The van der Waals surface area contributed by atoms with Gasteiger partial charge in [-0.25, -0.2) is 4.79 Å². The van der Waals surface area contributed by atoms with Crippen molar-refractivity contribution in [2.45, 2.75) is 26.4 Å². The van der Waals surface area contributed by atoms with Crippen LogP contribution in [-0.4, -0.2) is 22.7 Å². The van der Waals surface area contributed by atoms with E-state index in [1.54, 1.807) is 20.8 Å². The number of nitrogens with one attached hydrogen (secondary N) is 1. The van der Waals surface area contributed by atoms with Gasteiger partial charge in [0.15, 0.2) is 0 Å². The predicted molar refractivity (Wildman–Crippen MR) is 66.5 cm³/mol. The molecule has 0 saturated heterocycles. The van der Waals surface area contributed by atoms with E-state index in [0.717, 1.165) is 0 Å². The zero-order chi connectivity index (χ0) is 13.9. The predicted octanol–water partition coefficient (Wildman–Crippen LogP) is 1.84. The summed E-state index contributed by atoms with van der Waals surface area (Å²) in [4.78, 5) is 22.7. The molecule has 4 N–H and O–H groups in total. The quantitative estimate of drug-likeness (QED) is 0.699. The van der Waals surface area contributed by atoms with Gasteiger partial charge in [-0.3, -0.25) is 10.1 Å². The van der Waals surface area contributed by atoms with Gasteiger partial charge in [0.25, 0.3) is 5.91 Å². The first-order valence-electron chi connectivity index (χ1n) is 5.32. The Labute approximate surface area is 105 Å². The molecular formula is C12H16N2O4. The number of amides is 2. The summed E-state index contributed by atoms with van der Waals surface area (Å²) < 4.78 is 5.04. The van der Waals surface area contributed by atoms with Gasteiger partial charge in [0.2, 0.25) is 0 Å². The molecule has 0 aliphatic rings. The van der Waals surface area contributed by atoms with E-state index >= 15 is 0 Å². The third-order valence-corrected chi connectivity index (χ3v) is 1.90. The number of carbonyl (C=O) groups is 2. The van der Waals surface area contributed by atoms with Gasteiger partial charge in [-0.2, -0.15) is 0 Å². The van der Waals surface area contributed by atoms with E-state index in [2.05, 4.69) is 5.32 Å². The van der Waals surface area contributed by atoms with Crippen molar-refractivity contribution in [1.82, 2.24) is 0 Å². The van der Waals surface area contributed by atoms with Crippen molar-refractivity contribution in [3.63, 3.8) is 0 Å². The second-order valence-electron chi connectivity index (χ2n) is 4.72. The van der Waals surface area contributed by atoms with Gasteiger partial charge in [-0.05, 0) is 39.0 Å². The van der Waals surface area contributed by atoms with E-state index in [1.807, 2.05) is 0 Å². The Morgan fingerprint density at radius 2 is 1.94 bits per heavy atom. The van der Waals surface area contributed by atoms with E-state index in [9.17, 15) is 14.7 Å². The summed E-state index contributed by atoms with van der Waals surface area (Å²) in [5.74, 6) is -0.865. The molecule has 0 aliphatic carbocycles. The normalized spacial score (nSPS) is 10.8. The van der Waals surface area contributed by atoms with Crippen LogP contribution in [-0.2, 0) is 4.74 Å². The van der Waals surface area contributed by atoms with Crippen LogP contribution in [0.1, 0.15) is 31.1 Å². The molecule has 1 aromatic carbocycles. The number of ether oxygens (including phenoxy) is 1. The van der Waals surface area contributed by atoms with E-state index in [0.29, 0.717) is 0 Å². The minimum Gasteiger partial charge on any atom is -0.508 e. The number of hydrogen-bond acceptors (Lipinski definition) is 4. The Kier molecular flexibility index (Phi) is 3.80. The van der Waals surface area contributed by atoms with Gasteiger partial charge in [0, 0.05) is 0 Å². The summed E-state index contributed by atoms with van der Waals surface area (Å²) in [6.07, 6.45) is -0.698. The minimum atomic E-state index is -0.753. The first kappa shape index (κ1) is 13.8. The van der Waals surface area contributed by atoms with E-state index < -0.39 is 17.6 Å². The first-order valence-corrected chi connectivity index (χ1v) is 5.32. The fraction of sp³-hybridized carbons (Fsp3) is 0.333. The molecule has 0 spiro atoms. The molecule has 6 heteroatoms. The van der Waals surface area contributed by atoms with Crippen molar-refractivity contribution in [2.75, 3.05) is 5.32 Å². The van der Waals surface area contributed by atoms with Gasteiger partial charge in [-0.15, -0.1) is 0 Å². The summed E-state index contributed by atoms with van der Waals surface area (Å²) in [5.41, 5.74) is 4.70. The number of primary amides is 1. The smallest absolute Gasteiger partial charge is 0.412 e. The highest BCUT2D eigenvalue weighted by molar-refractivity contribution is 6.02. The number of hydrogen-bond donors (Lipinski definition) is 3. The van der Waals surface area contributed by atoms with Gasteiger partial charge >= 0.3 is 6.09 Å². The lowest BCUT2D eigenvalue weighted by Gasteiger charge is -2.20. The molecule has 6 nitrogen and oxygen atoms in total. The lowest BCUT2D eigenvalue weighted by atomic mass is 10.1. The lowest BCUT2D eigenvalue weighted by Crippen LogP contribution is -2.28. The molecule has 0 saturated carbocycles. The molecule has 2 amide bonds. The van der Waals surface area contributed by atoms with Crippen molar-refractivity contribution in [1.29, 1.82) is 0 Å². The Hall–Kier alpha value is -2.24. The summed E-state index contributed by atoms with van der Waals surface area (Å²) in [6, 6.07) is 3.88. The van der Waals surface area contributed by atoms with Gasteiger partial charge < -0.3 is 15.6 Å². The third kappa shape index (κ3) is 3.97. The SMILES string of the molecule is CC(C)(C)OC(=O)Nc1ccc(O)cc1C(N)=O. The number of phenols is 1. The molecule has 1 aromatic rings. The van der Waals surface area contributed by atoms with Crippen molar-refractivity contribution >= 4 is 17.7 Å². The molecule has 0 fully saturated rings. The van der Waals surface area contributed by atoms with E-state index in [4.69, 9.17) is 10.5 Å². The van der Waals surface area contributed by atoms with Crippen molar-refractivity contribution < 1.29 is 19.4 Å². The highest BCUT2D eigenvalue weighted by atomic mass is 16.6. The van der Waals surface area contributed by atoms with Crippen molar-refractivity contribution in [3.8, 4) is 5.75 Å². The number of rotatable bonds is 2. The van der Waals surface area contributed by atoms with Crippen LogP contribution >= 0.6 is 0 Å². The number of benzene rings is 1. The maximum Gasteiger partial charge on any atom is 0.412 e. The van der Waals surface area contributed by atoms with Gasteiger partial charge in [0.1, 0.15) is 11.4 Å². The third-order valence-electron chi connectivity index (χ3n) is 1.90. The molecule has 0 aliphatic heterocycles. The standard InChI is InChI=1S/C12H16N2O4/c1-12(2,3)18-11(17)14-9-5-4-7(15)6-8(9)10(13)16/h4-6,15H,1-3H3,(H2,13,16)(H,14,17). The summed E-state index contributed by atoms with van der Waals surface area (Å²) in [5, 5.41) is 11.7. The average molecular weight is 252 g/mol. The second-order valence-corrected chi connectivity index (χ2v) is 4.72. The molecule has 0 heterocycles. The molecule has 18 heavy (non-hydrogen) atoms. The maximum absolute atomic E-state index is 11.5. The summed E-state index contributed by atoms with van der Waals surface area (Å²) in [7, 11) is 0. The second kappa shape index (κ2) is 4.95. The Morgan fingerprint density at radius 3 is 2.44 bits per heavy atom. The molecule has 0 atom stereocenters. The summed E-state index contributed by atoms with van der Waals surface area (Å²) >= 11 is 0. The molecule has 0 aromatic heterocycles. The number of phenolic OH excluding ortho intramolecular Hbond substituents is 1. The highest BCUT2D eigenvalue weighted by Crippen LogP contribution is 2.21. The number of nitrogens with two attached hydrogens (primary N) is 1.